The minimum absolute atomic E-state index is 0.0535. The van der Waals surface area contributed by atoms with Crippen molar-refractivity contribution in [1.82, 2.24) is 40.2 Å². The van der Waals surface area contributed by atoms with E-state index >= 15 is 0 Å². The fourth-order valence-electron chi connectivity index (χ4n) is 3.82. The molecule has 11 heteroatoms. The van der Waals surface area contributed by atoms with Crippen molar-refractivity contribution in [3.63, 3.8) is 0 Å². The lowest BCUT2D eigenvalue weighted by atomic mass is 9.73. The number of hydrogen-bond donors (Lipinski definition) is 2. The van der Waals surface area contributed by atoms with Crippen molar-refractivity contribution in [3.8, 4) is 22.7 Å². The molecule has 0 bridgehead atoms. The molecular formula is C24H27N9O2. The van der Waals surface area contributed by atoms with Gasteiger partial charge >= 0.3 is 0 Å². The van der Waals surface area contributed by atoms with E-state index in [0.29, 0.717) is 23.3 Å². The Morgan fingerprint density at radius 2 is 1.94 bits per heavy atom. The molecule has 11 nitrogen and oxygen atoms in total. The molecule has 1 fully saturated rings. The number of aromatic nitrogens is 7. The van der Waals surface area contributed by atoms with Gasteiger partial charge in [-0.3, -0.25) is 14.5 Å². The molecule has 1 atom stereocenters. The van der Waals surface area contributed by atoms with Crippen molar-refractivity contribution >= 4 is 11.9 Å². The van der Waals surface area contributed by atoms with Crippen LogP contribution in [-0.2, 0) is 16.8 Å². The van der Waals surface area contributed by atoms with Crippen molar-refractivity contribution in [2.75, 3.05) is 5.73 Å². The van der Waals surface area contributed by atoms with Crippen LogP contribution >= 0.6 is 0 Å². The average Bonchev–Trinajstić information content (AvgIpc) is 3.31. The van der Waals surface area contributed by atoms with Gasteiger partial charge in [0.05, 0.1) is 22.9 Å². The molecule has 0 saturated heterocycles. The summed E-state index contributed by atoms with van der Waals surface area (Å²) in [5.41, 5.74) is 8.16. The Morgan fingerprint density at radius 3 is 2.60 bits per heavy atom. The molecule has 1 saturated carbocycles. The second kappa shape index (κ2) is 8.90. The Kier molecular flexibility index (Phi) is 5.75. The highest BCUT2D eigenvalue weighted by Crippen LogP contribution is 2.38. The Bertz CT molecular complexity index is 1320. The fourth-order valence-corrected chi connectivity index (χ4v) is 3.82. The second-order valence-electron chi connectivity index (χ2n) is 9.31. The van der Waals surface area contributed by atoms with Crippen molar-refractivity contribution < 1.29 is 9.32 Å². The molecular weight excluding hydrogens is 446 g/mol. The van der Waals surface area contributed by atoms with Gasteiger partial charge in [0, 0.05) is 36.4 Å². The van der Waals surface area contributed by atoms with Gasteiger partial charge in [0.1, 0.15) is 6.54 Å². The van der Waals surface area contributed by atoms with Crippen molar-refractivity contribution in [3.05, 3.63) is 54.5 Å². The normalized spacial score (nSPS) is 15.2. The highest BCUT2D eigenvalue weighted by atomic mass is 16.5. The van der Waals surface area contributed by atoms with Gasteiger partial charge in [-0.1, -0.05) is 25.1 Å². The Morgan fingerprint density at radius 1 is 1.17 bits per heavy atom. The molecule has 1 amide bonds. The van der Waals surface area contributed by atoms with E-state index in [1.807, 2.05) is 18.3 Å². The van der Waals surface area contributed by atoms with Gasteiger partial charge in [-0.25, -0.2) is 9.97 Å². The summed E-state index contributed by atoms with van der Waals surface area (Å²) < 4.78 is 7.17. The maximum Gasteiger partial charge on any atom is 0.261 e. The van der Waals surface area contributed by atoms with E-state index in [1.54, 1.807) is 29.5 Å². The first-order chi connectivity index (χ1) is 16.8. The smallest absolute Gasteiger partial charge is 0.261 e. The minimum Gasteiger partial charge on any atom is -0.368 e. The molecule has 1 aliphatic rings. The number of rotatable bonds is 8. The van der Waals surface area contributed by atoms with E-state index in [1.165, 1.54) is 0 Å². The summed E-state index contributed by atoms with van der Waals surface area (Å²) in [6.07, 6.45) is 10.6. The van der Waals surface area contributed by atoms with Crippen molar-refractivity contribution in [2.45, 2.75) is 51.6 Å². The van der Waals surface area contributed by atoms with Gasteiger partial charge < -0.3 is 15.6 Å². The molecule has 5 rings (SSSR count). The second-order valence-corrected chi connectivity index (χ2v) is 9.31. The summed E-state index contributed by atoms with van der Waals surface area (Å²) in [7, 11) is 0. The number of anilines is 1. The first kappa shape index (κ1) is 22.6. The average molecular weight is 474 g/mol. The predicted molar refractivity (Wildman–Crippen MR) is 128 cm³/mol. The SMILES string of the molecule is CC(C)[C@](C)(c1ccc(-c2cnc(N)nc2)nc1)c1noc(-c2cnn(CC(=O)NC3CC3)c2)n1. The number of carbonyl (C=O) groups excluding carboxylic acids is 1. The van der Waals surface area contributed by atoms with E-state index in [4.69, 9.17) is 15.2 Å². The number of hydrogen-bond acceptors (Lipinski definition) is 9. The van der Waals surface area contributed by atoms with Gasteiger partial charge in [0.25, 0.3) is 5.89 Å². The number of nitrogens with one attached hydrogen (secondary N) is 1. The molecule has 4 aromatic heterocycles. The highest BCUT2D eigenvalue weighted by Gasteiger charge is 2.38. The number of carbonyl (C=O) groups is 1. The van der Waals surface area contributed by atoms with Crippen LogP contribution in [-0.4, -0.2) is 46.8 Å². The van der Waals surface area contributed by atoms with Gasteiger partial charge in [-0.2, -0.15) is 10.1 Å². The molecule has 0 spiro atoms. The monoisotopic (exact) mass is 473 g/mol. The number of nitrogen functional groups attached to an aromatic ring is 1. The van der Waals surface area contributed by atoms with Crippen LogP contribution in [0, 0.1) is 5.92 Å². The maximum atomic E-state index is 12.1. The molecule has 0 unspecified atom stereocenters. The van der Waals surface area contributed by atoms with E-state index in [0.717, 1.165) is 29.7 Å². The molecule has 0 radical (unpaired) electrons. The number of nitrogens with two attached hydrogens (primary N) is 1. The summed E-state index contributed by atoms with van der Waals surface area (Å²) in [4.78, 5) is 29.4. The minimum atomic E-state index is -0.551. The largest absolute Gasteiger partial charge is 0.368 e. The van der Waals surface area contributed by atoms with Crippen LogP contribution in [0.4, 0.5) is 5.95 Å². The molecule has 1 aliphatic carbocycles. The molecule has 4 heterocycles. The third-order valence-corrected chi connectivity index (χ3v) is 6.50. The maximum absolute atomic E-state index is 12.1. The van der Waals surface area contributed by atoms with Gasteiger partial charge in [-0.15, -0.1) is 0 Å². The summed E-state index contributed by atoms with van der Waals surface area (Å²) in [5, 5.41) is 11.5. The standard InChI is InChI=1S/C24H27N9O2/c1-14(2)24(3,17-4-7-19(26-11-17)15-8-27-23(25)28-9-15)22-31-21(35-32-22)16-10-29-33(12-16)13-20(34)30-18-5-6-18/h4,7-12,14,18H,5-6,13H2,1-3H3,(H,30,34)(H2,25,27,28)/t24-/m1/s1. The number of pyridine rings is 1. The lowest BCUT2D eigenvalue weighted by Gasteiger charge is -2.30. The summed E-state index contributed by atoms with van der Waals surface area (Å²) in [5.74, 6) is 1.21. The third-order valence-electron chi connectivity index (χ3n) is 6.50. The van der Waals surface area contributed by atoms with Crippen LogP contribution < -0.4 is 11.1 Å². The van der Waals surface area contributed by atoms with Crippen molar-refractivity contribution in [2.24, 2.45) is 5.92 Å². The molecule has 35 heavy (non-hydrogen) atoms. The lowest BCUT2D eigenvalue weighted by molar-refractivity contribution is -0.122. The van der Waals surface area contributed by atoms with Gasteiger partial charge in [-0.05, 0) is 37.3 Å². The first-order valence-corrected chi connectivity index (χ1v) is 11.5. The van der Waals surface area contributed by atoms with E-state index in [9.17, 15) is 4.79 Å². The van der Waals surface area contributed by atoms with E-state index in [2.05, 4.69) is 51.3 Å². The Hall–Kier alpha value is -4.15. The zero-order chi connectivity index (χ0) is 24.6. The van der Waals surface area contributed by atoms with Crippen LogP contribution in [0.5, 0.6) is 0 Å². The van der Waals surface area contributed by atoms with E-state index < -0.39 is 5.41 Å². The Balaban J connectivity index is 1.37. The quantitative estimate of drug-likeness (QED) is 0.393. The van der Waals surface area contributed by atoms with Crippen LogP contribution in [0.15, 0.2) is 47.6 Å². The van der Waals surface area contributed by atoms with Crippen LogP contribution in [0.2, 0.25) is 0 Å². The summed E-state index contributed by atoms with van der Waals surface area (Å²) in [6.45, 7) is 6.43. The zero-order valence-electron chi connectivity index (χ0n) is 19.8. The summed E-state index contributed by atoms with van der Waals surface area (Å²) in [6, 6.07) is 4.24. The molecule has 180 valence electrons. The molecule has 4 aromatic rings. The van der Waals surface area contributed by atoms with Gasteiger partial charge in [0.15, 0.2) is 5.82 Å². The first-order valence-electron chi connectivity index (χ1n) is 11.5. The van der Waals surface area contributed by atoms with E-state index in [-0.39, 0.29) is 24.3 Å². The number of amides is 1. The topological polar surface area (TPSA) is 151 Å². The molecule has 0 aliphatic heterocycles. The lowest BCUT2D eigenvalue weighted by Crippen LogP contribution is -2.31. The zero-order valence-corrected chi connectivity index (χ0v) is 19.8. The van der Waals surface area contributed by atoms with Crippen LogP contribution in [0.1, 0.15) is 45.0 Å². The van der Waals surface area contributed by atoms with Crippen LogP contribution in [0.3, 0.4) is 0 Å². The number of nitrogens with zero attached hydrogens (tertiary/aromatic N) is 7. The third kappa shape index (κ3) is 4.61. The van der Waals surface area contributed by atoms with Crippen molar-refractivity contribution in [1.29, 1.82) is 0 Å². The molecule has 0 aromatic carbocycles. The fraction of sp³-hybridized carbons (Fsp3) is 0.375. The van der Waals surface area contributed by atoms with Gasteiger partial charge in [0.2, 0.25) is 11.9 Å². The summed E-state index contributed by atoms with van der Waals surface area (Å²) >= 11 is 0. The highest BCUT2D eigenvalue weighted by molar-refractivity contribution is 5.76. The predicted octanol–water partition coefficient (Wildman–Crippen LogP) is 2.61. The van der Waals surface area contributed by atoms with Crippen LogP contribution in [0.25, 0.3) is 22.7 Å². The molecule has 3 N–H and O–H groups in total. The Labute approximate surface area is 202 Å².